The van der Waals surface area contributed by atoms with Crippen LogP contribution >= 0.6 is 0 Å². The Balaban J connectivity index is 1.87. The lowest BCUT2D eigenvalue weighted by Crippen LogP contribution is -2.15. The lowest BCUT2D eigenvalue weighted by Gasteiger charge is -2.11. The maximum atomic E-state index is 12.6. The molecule has 4 N–H and O–H groups in total. The molecule has 0 heterocycles. The van der Waals surface area contributed by atoms with E-state index in [4.69, 9.17) is 0 Å². The number of rotatable bonds is 6. The van der Waals surface area contributed by atoms with E-state index in [2.05, 4.69) is 4.72 Å². The van der Waals surface area contributed by atoms with Gasteiger partial charge in [-0.25, -0.2) is 8.42 Å². The minimum Gasteiger partial charge on any atom is -0.508 e. The number of hydrogen-bond acceptors (Lipinski definition) is 6. The summed E-state index contributed by atoms with van der Waals surface area (Å²) in [6.07, 6.45) is 2.56. The van der Waals surface area contributed by atoms with Gasteiger partial charge in [-0.3, -0.25) is 9.52 Å². The number of sulfonamides is 1. The maximum absolute atomic E-state index is 12.6. The van der Waals surface area contributed by atoms with Crippen LogP contribution in [0.1, 0.15) is 15.9 Å². The molecule has 3 rings (SSSR count). The Labute approximate surface area is 167 Å². The highest BCUT2D eigenvalue weighted by atomic mass is 32.2. The van der Waals surface area contributed by atoms with Crippen LogP contribution in [-0.4, -0.2) is 29.5 Å². The van der Waals surface area contributed by atoms with Crippen LogP contribution < -0.4 is 4.72 Å². The SMILES string of the molecule is O=C(C=Cc1ccc(O)cc1O)c1ccccc1NS(=O)(=O)c1ccc(O)cc1. The highest BCUT2D eigenvalue weighted by Gasteiger charge is 2.17. The number of allylic oxidation sites excluding steroid dienone is 1. The third-order valence-electron chi connectivity index (χ3n) is 4.01. The highest BCUT2D eigenvalue weighted by Crippen LogP contribution is 2.25. The first-order valence-corrected chi connectivity index (χ1v) is 9.90. The van der Waals surface area contributed by atoms with Crippen LogP contribution in [0.15, 0.2) is 77.7 Å². The molecule has 0 aliphatic carbocycles. The second-order valence-corrected chi connectivity index (χ2v) is 7.77. The fraction of sp³-hybridized carbons (Fsp3) is 0. The van der Waals surface area contributed by atoms with Gasteiger partial charge in [0.1, 0.15) is 17.2 Å². The molecule has 8 heteroatoms. The van der Waals surface area contributed by atoms with Crippen molar-refractivity contribution in [2.24, 2.45) is 0 Å². The minimum absolute atomic E-state index is 0.0675. The largest absolute Gasteiger partial charge is 0.508 e. The number of nitrogens with one attached hydrogen (secondary N) is 1. The smallest absolute Gasteiger partial charge is 0.261 e. The Morgan fingerprint density at radius 2 is 1.52 bits per heavy atom. The van der Waals surface area contributed by atoms with Crippen molar-refractivity contribution in [2.45, 2.75) is 4.90 Å². The van der Waals surface area contributed by atoms with Gasteiger partial charge in [0.2, 0.25) is 0 Å². The van der Waals surface area contributed by atoms with Gasteiger partial charge >= 0.3 is 0 Å². The van der Waals surface area contributed by atoms with E-state index in [1.54, 1.807) is 12.1 Å². The van der Waals surface area contributed by atoms with E-state index >= 15 is 0 Å². The molecule has 3 aromatic carbocycles. The van der Waals surface area contributed by atoms with Crippen molar-refractivity contribution in [3.05, 3.63) is 83.9 Å². The Morgan fingerprint density at radius 3 is 2.21 bits per heavy atom. The monoisotopic (exact) mass is 411 g/mol. The molecule has 0 unspecified atom stereocenters. The molecule has 0 aliphatic rings. The number of para-hydroxylation sites is 1. The summed E-state index contributed by atoms with van der Waals surface area (Å²) < 4.78 is 27.5. The van der Waals surface area contributed by atoms with Gasteiger partial charge in [-0.15, -0.1) is 0 Å². The van der Waals surface area contributed by atoms with E-state index in [0.29, 0.717) is 5.56 Å². The number of hydrogen-bond donors (Lipinski definition) is 4. The molecular formula is C21H17NO6S. The summed E-state index contributed by atoms with van der Waals surface area (Å²) in [6.45, 7) is 0. The van der Waals surface area contributed by atoms with Crippen molar-refractivity contribution < 1.29 is 28.5 Å². The summed E-state index contributed by atoms with van der Waals surface area (Å²) >= 11 is 0. The molecule has 29 heavy (non-hydrogen) atoms. The van der Waals surface area contributed by atoms with Crippen molar-refractivity contribution in [2.75, 3.05) is 4.72 Å². The molecule has 0 atom stereocenters. The molecule has 3 aromatic rings. The van der Waals surface area contributed by atoms with Gasteiger partial charge in [0.05, 0.1) is 10.6 Å². The number of anilines is 1. The molecule has 0 aromatic heterocycles. The predicted octanol–water partition coefficient (Wildman–Crippen LogP) is 3.50. The maximum Gasteiger partial charge on any atom is 0.261 e. The first kappa shape index (κ1) is 20.0. The van der Waals surface area contributed by atoms with E-state index in [9.17, 15) is 28.5 Å². The van der Waals surface area contributed by atoms with Crippen molar-refractivity contribution in [3.8, 4) is 17.2 Å². The lowest BCUT2D eigenvalue weighted by molar-refractivity contribution is 0.104. The summed E-state index contributed by atoms with van der Waals surface area (Å²) in [7, 11) is -3.97. The summed E-state index contributed by atoms with van der Waals surface area (Å²) in [5, 5.41) is 28.4. The van der Waals surface area contributed by atoms with Gasteiger partial charge < -0.3 is 15.3 Å². The van der Waals surface area contributed by atoms with E-state index in [-0.39, 0.29) is 33.4 Å². The second-order valence-electron chi connectivity index (χ2n) is 6.09. The lowest BCUT2D eigenvalue weighted by atomic mass is 10.1. The third kappa shape index (κ3) is 4.74. The second kappa shape index (κ2) is 8.07. The molecule has 148 valence electrons. The minimum atomic E-state index is -3.97. The van der Waals surface area contributed by atoms with Crippen LogP contribution in [0.5, 0.6) is 17.2 Å². The molecule has 0 saturated carbocycles. The van der Waals surface area contributed by atoms with Gasteiger partial charge in [-0.05, 0) is 60.7 Å². The number of phenols is 3. The quantitative estimate of drug-likeness (QED) is 0.364. The van der Waals surface area contributed by atoms with Crippen LogP contribution in [0.3, 0.4) is 0 Å². The van der Waals surface area contributed by atoms with Gasteiger partial charge in [0, 0.05) is 17.2 Å². The summed E-state index contributed by atoms with van der Waals surface area (Å²) in [5.41, 5.74) is 0.521. The topological polar surface area (TPSA) is 124 Å². The number of ketones is 1. The van der Waals surface area contributed by atoms with Gasteiger partial charge in [0.15, 0.2) is 5.78 Å². The molecule has 0 spiro atoms. The number of aromatic hydroxyl groups is 3. The molecule has 0 fully saturated rings. The zero-order chi connectivity index (χ0) is 21.0. The highest BCUT2D eigenvalue weighted by molar-refractivity contribution is 7.92. The third-order valence-corrected chi connectivity index (χ3v) is 5.39. The van der Waals surface area contributed by atoms with E-state index in [1.165, 1.54) is 60.7 Å². The van der Waals surface area contributed by atoms with Crippen molar-refractivity contribution in [1.29, 1.82) is 0 Å². The fourth-order valence-electron chi connectivity index (χ4n) is 2.54. The standard InChI is InChI=1S/C21H17NO6S/c23-15-8-10-17(11-9-15)29(27,28)22-19-4-2-1-3-18(19)20(25)12-6-14-5-7-16(24)13-21(14)26/h1-13,22-24,26H. The molecular weight excluding hydrogens is 394 g/mol. The average molecular weight is 411 g/mol. The van der Waals surface area contributed by atoms with Crippen LogP contribution in [-0.2, 0) is 10.0 Å². The molecule has 0 amide bonds. The van der Waals surface area contributed by atoms with Crippen LogP contribution in [0.2, 0.25) is 0 Å². The number of carbonyl (C=O) groups is 1. The Bertz CT molecular complexity index is 1180. The van der Waals surface area contributed by atoms with Crippen LogP contribution in [0.25, 0.3) is 6.08 Å². The van der Waals surface area contributed by atoms with E-state index < -0.39 is 15.8 Å². The van der Waals surface area contributed by atoms with Crippen molar-refractivity contribution in [1.82, 2.24) is 0 Å². The number of carbonyl (C=O) groups excluding carboxylic acids is 1. The predicted molar refractivity (Wildman–Crippen MR) is 108 cm³/mol. The van der Waals surface area contributed by atoms with Gasteiger partial charge in [0.25, 0.3) is 10.0 Å². The van der Waals surface area contributed by atoms with Crippen LogP contribution in [0, 0.1) is 0 Å². The average Bonchev–Trinajstić information content (AvgIpc) is 2.67. The number of benzene rings is 3. The first-order chi connectivity index (χ1) is 13.8. The molecule has 0 saturated heterocycles. The fourth-order valence-corrected chi connectivity index (χ4v) is 3.62. The zero-order valence-corrected chi connectivity index (χ0v) is 15.8. The normalized spacial score (nSPS) is 11.4. The zero-order valence-electron chi connectivity index (χ0n) is 15.0. The Hall–Kier alpha value is -3.78. The molecule has 7 nitrogen and oxygen atoms in total. The van der Waals surface area contributed by atoms with Gasteiger partial charge in [-0.1, -0.05) is 12.1 Å². The first-order valence-electron chi connectivity index (χ1n) is 8.41. The number of phenolic OH excluding ortho intramolecular Hbond substituents is 3. The van der Waals surface area contributed by atoms with Gasteiger partial charge in [-0.2, -0.15) is 0 Å². The Kier molecular flexibility index (Phi) is 5.56. The molecule has 0 aliphatic heterocycles. The van der Waals surface area contributed by atoms with Crippen molar-refractivity contribution in [3.63, 3.8) is 0 Å². The van der Waals surface area contributed by atoms with Crippen molar-refractivity contribution >= 4 is 27.6 Å². The van der Waals surface area contributed by atoms with E-state index in [1.807, 2.05) is 0 Å². The molecule has 0 radical (unpaired) electrons. The molecule has 0 bridgehead atoms. The van der Waals surface area contributed by atoms with E-state index in [0.717, 1.165) is 6.07 Å². The van der Waals surface area contributed by atoms with Crippen LogP contribution in [0.4, 0.5) is 5.69 Å². The summed E-state index contributed by atoms with van der Waals surface area (Å²) in [5.74, 6) is -0.862. The summed E-state index contributed by atoms with van der Waals surface area (Å²) in [6, 6.07) is 15.0. The summed E-state index contributed by atoms with van der Waals surface area (Å²) in [4.78, 5) is 12.5. The Morgan fingerprint density at radius 1 is 0.862 bits per heavy atom.